The Balaban J connectivity index is 1.85. The predicted octanol–water partition coefficient (Wildman–Crippen LogP) is 2.04. The number of rotatable bonds is 2. The number of nitriles is 1. The molecule has 1 aliphatic carbocycles. The molecule has 1 aromatic heterocycles. The lowest BCUT2D eigenvalue weighted by Crippen LogP contribution is -2.29. The first-order valence-corrected chi connectivity index (χ1v) is 8.37. The van der Waals surface area contributed by atoms with E-state index in [1.807, 2.05) is 6.07 Å². The van der Waals surface area contributed by atoms with Gasteiger partial charge in [-0.15, -0.1) is 11.3 Å². The van der Waals surface area contributed by atoms with Gasteiger partial charge in [-0.1, -0.05) is 6.42 Å². The Kier molecular flexibility index (Phi) is 2.93. The Hall–Kier alpha value is -0.900. The summed E-state index contributed by atoms with van der Waals surface area (Å²) in [7, 11) is -3.37. The van der Waals surface area contributed by atoms with Gasteiger partial charge in [0.15, 0.2) is 0 Å². The van der Waals surface area contributed by atoms with E-state index in [0.29, 0.717) is 34.0 Å². The Morgan fingerprint density at radius 3 is 2.50 bits per heavy atom. The second-order valence-corrected chi connectivity index (χ2v) is 8.25. The number of thiophene rings is 1. The van der Waals surface area contributed by atoms with Gasteiger partial charge in [-0.3, -0.25) is 0 Å². The van der Waals surface area contributed by atoms with Crippen molar-refractivity contribution in [1.82, 2.24) is 4.31 Å². The zero-order chi connectivity index (χ0) is 12.8. The van der Waals surface area contributed by atoms with Crippen LogP contribution in [0.1, 0.15) is 24.1 Å². The third-order valence-corrected chi connectivity index (χ3v) is 7.27. The van der Waals surface area contributed by atoms with Crippen LogP contribution in [0.4, 0.5) is 0 Å². The molecule has 2 atom stereocenters. The molecule has 6 heteroatoms. The minimum atomic E-state index is -3.37. The summed E-state index contributed by atoms with van der Waals surface area (Å²) in [6, 6.07) is 5.11. The van der Waals surface area contributed by atoms with Gasteiger partial charge in [0.1, 0.15) is 15.2 Å². The highest BCUT2D eigenvalue weighted by atomic mass is 32.2. The molecule has 0 aromatic carbocycles. The first-order chi connectivity index (χ1) is 8.61. The van der Waals surface area contributed by atoms with Crippen LogP contribution in [0.15, 0.2) is 16.3 Å². The summed E-state index contributed by atoms with van der Waals surface area (Å²) in [4.78, 5) is 0.452. The molecule has 2 aliphatic rings. The third-order valence-electron chi connectivity index (χ3n) is 3.98. The molecular weight excluding hydrogens is 268 g/mol. The van der Waals surface area contributed by atoms with Gasteiger partial charge in [0, 0.05) is 13.1 Å². The molecule has 2 unspecified atom stereocenters. The highest BCUT2D eigenvalue weighted by Gasteiger charge is 2.41. The molecule has 1 saturated heterocycles. The van der Waals surface area contributed by atoms with E-state index in [-0.39, 0.29) is 0 Å². The highest BCUT2D eigenvalue weighted by Crippen LogP contribution is 2.40. The van der Waals surface area contributed by atoms with Gasteiger partial charge < -0.3 is 0 Å². The maximum Gasteiger partial charge on any atom is 0.252 e. The molecule has 1 saturated carbocycles. The molecule has 2 fully saturated rings. The predicted molar refractivity (Wildman–Crippen MR) is 68.6 cm³/mol. The molecule has 4 nitrogen and oxygen atoms in total. The van der Waals surface area contributed by atoms with Crippen molar-refractivity contribution in [2.45, 2.75) is 23.5 Å². The van der Waals surface area contributed by atoms with Gasteiger partial charge in [0.05, 0.1) is 0 Å². The monoisotopic (exact) mass is 282 g/mol. The maximum absolute atomic E-state index is 12.4. The van der Waals surface area contributed by atoms with Gasteiger partial charge in [0.2, 0.25) is 0 Å². The van der Waals surface area contributed by atoms with Crippen molar-refractivity contribution in [3.05, 3.63) is 17.0 Å². The largest absolute Gasteiger partial charge is 0.252 e. The lowest BCUT2D eigenvalue weighted by atomic mass is 10.0. The fraction of sp³-hybridized carbons (Fsp3) is 0.583. The molecule has 0 amide bonds. The molecule has 3 rings (SSSR count). The zero-order valence-corrected chi connectivity index (χ0v) is 11.5. The Morgan fingerprint density at radius 2 is 1.94 bits per heavy atom. The smallest absolute Gasteiger partial charge is 0.206 e. The molecule has 96 valence electrons. The molecular formula is C12H14N2O2S2. The summed E-state index contributed by atoms with van der Waals surface area (Å²) < 4.78 is 26.8. The number of nitrogens with zero attached hydrogens (tertiary/aromatic N) is 2. The molecule has 1 aliphatic heterocycles. The van der Waals surface area contributed by atoms with Crippen molar-refractivity contribution in [3.63, 3.8) is 0 Å². The fourth-order valence-electron chi connectivity index (χ4n) is 3.03. The van der Waals surface area contributed by atoms with Crippen molar-refractivity contribution in [2.75, 3.05) is 13.1 Å². The number of hydrogen-bond donors (Lipinski definition) is 0. The Morgan fingerprint density at radius 1 is 1.28 bits per heavy atom. The zero-order valence-electron chi connectivity index (χ0n) is 9.87. The molecule has 0 spiro atoms. The summed E-state index contributed by atoms with van der Waals surface area (Å²) in [5.74, 6) is 1.10. The quantitative estimate of drug-likeness (QED) is 0.834. The van der Waals surface area contributed by atoms with Crippen LogP contribution in [0.3, 0.4) is 0 Å². The Labute approximate surface area is 111 Å². The highest BCUT2D eigenvalue weighted by molar-refractivity contribution is 7.91. The first kappa shape index (κ1) is 12.2. The first-order valence-electron chi connectivity index (χ1n) is 6.11. The van der Waals surface area contributed by atoms with Crippen molar-refractivity contribution in [3.8, 4) is 6.07 Å². The third kappa shape index (κ3) is 1.87. The van der Waals surface area contributed by atoms with Crippen LogP contribution in [0.25, 0.3) is 0 Å². The molecule has 2 heterocycles. The molecule has 18 heavy (non-hydrogen) atoms. The Bertz CT molecular complexity index is 588. The van der Waals surface area contributed by atoms with Crippen LogP contribution in [-0.2, 0) is 10.0 Å². The number of fused-ring (bicyclic) bond motifs is 1. The van der Waals surface area contributed by atoms with E-state index >= 15 is 0 Å². The maximum atomic E-state index is 12.4. The van der Waals surface area contributed by atoms with Gasteiger partial charge in [0.25, 0.3) is 10.0 Å². The van der Waals surface area contributed by atoms with E-state index in [2.05, 4.69) is 0 Å². The van der Waals surface area contributed by atoms with E-state index in [4.69, 9.17) is 5.26 Å². The number of sulfonamides is 1. The fourth-order valence-corrected chi connectivity index (χ4v) is 5.85. The standard InChI is InChI=1S/C12H14N2O2S2/c13-6-11-4-5-12(17-11)18(15,16)14-7-9-2-1-3-10(9)8-14/h4-5,9-10H,1-3,7-8H2. The van der Waals surface area contributed by atoms with Crippen molar-refractivity contribution in [2.24, 2.45) is 11.8 Å². The van der Waals surface area contributed by atoms with Crippen molar-refractivity contribution in [1.29, 1.82) is 5.26 Å². The van der Waals surface area contributed by atoms with E-state index in [1.165, 1.54) is 6.42 Å². The molecule has 0 N–H and O–H groups in total. The van der Waals surface area contributed by atoms with Gasteiger partial charge in [-0.2, -0.15) is 9.57 Å². The summed E-state index contributed by atoms with van der Waals surface area (Å²) in [6.07, 6.45) is 3.55. The summed E-state index contributed by atoms with van der Waals surface area (Å²) in [6.45, 7) is 1.32. The van der Waals surface area contributed by atoms with Crippen LogP contribution in [-0.4, -0.2) is 25.8 Å². The van der Waals surface area contributed by atoms with Crippen LogP contribution in [0.2, 0.25) is 0 Å². The second kappa shape index (κ2) is 4.34. The van der Waals surface area contributed by atoms with Crippen LogP contribution in [0.5, 0.6) is 0 Å². The van der Waals surface area contributed by atoms with Crippen LogP contribution in [0, 0.1) is 23.2 Å². The minimum absolute atomic E-state index is 0.305. The summed E-state index contributed by atoms with van der Waals surface area (Å²) >= 11 is 1.06. The molecule has 0 radical (unpaired) electrons. The lowest BCUT2D eigenvalue weighted by Gasteiger charge is -2.15. The van der Waals surface area contributed by atoms with E-state index < -0.39 is 10.0 Å². The molecule has 0 bridgehead atoms. The topological polar surface area (TPSA) is 61.2 Å². The van der Waals surface area contributed by atoms with E-state index in [9.17, 15) is 8.42 Å². The average molecular weight is 282 g/mol. The van der Waals surface area contributed by atoms with Crippen LogP contribution < -0.4 is 0 Å². The lowest BCUT2D eigenvalue weighted by molar-refractivity contribution is 0.447. The van der Waals surface area contributed by atoms with Gasteiger partial charge in [-0.25, -0.2) is 8.42 Å². The van der Waals surface area contributed by atoms with Crippen molar-refractivity contribution >= 4 is 21.4 Å². The number of hydrogen-bond acceptors (Lipinski definition) is 4. The molecule has 1 aromatic rings. The van der Waals surface area contributed by atoms with Crippen molar-refractivity contribution < 1.29 is 8.42 Å². The SMILES string of the molecule is N#Cc1ccc(S(=O)(=O)N2CC3CCCC3C2)s1. The van der Waals surface area contributed by atoms with Gasteiger partial charge in [-0.05, 0) is 36.8 Å². The minimum Gasteiger partial charge on any atom is -0.206 e. The van der Waals surface area contributed by atoms with Gasteiger partial charge >= 0.3 is 0 Å². The second-order valence-electron chi connectivity index (χ2n) is 5.00. The van der Waals surface area contributed by atoms with Crippen LogP contribution >= 0.6 is 11.3 Å². The normalized spacial score (nSPS) is 28.2. The van der Waals surface area contributed by atoms with E-state index in [0.717, 1.165) is 24.2 Å². The summed E-state index contributed by atoms with van der Waals surface area (Å²) in [5.41, 5.74) is 0. The average Bonchev–Trinajstić information content (AvgIpc) is 3.03. The van der Waals surface area contributed by atoms with E-state index in [1.54, 1.807) is 16.4 Å². The summed E-state index contributed by atoms with van der Waals surface area (Å²) in [5, 5.41) is 8.77.